The third-order valence-electron chi connectivity index (χ3n) is 4.44. The van der Waals surface area contributed by atoms with Crippen molar-refractivity contribution in [1.29, 1.82) is 0 Å². The van der Waals surface area contributed by atoms with Crippen LogP contribution in [0, 0.1) is 5.82 Å². The van der Waals surface area contributed by atoms with E-state index in [2.05, 4.69) is 0 Å². The second-order valence-corrected chi connectivity index (χ2v) is 6.48. The Bertz CT molecular complexity index is 740. The summed E-state index contributed by atoms with van der Waals surface area (Å²) in [5.41, 5.74) is 1.64. The number of carbonyl (C=O) groups excluding carboxylic acids is 1. The number of hydrogen-bond acceptors (Lipinski definition) is 3. The highest BCUT2D eigenvalue weighted by Crippen LogP contribution is 2.24. The molecule has 2 aromatic carbocycles. The lowest BCUT2D eigenvalue weighted by Crippen LogP contribution is -2.42. The number of para-hydroxylation sites is 1. The van der Waals surface area contributed by atoms with E-state index in [1.54, 1.807) is 12.1 Å². The van der Waals surface area contributed by atoms with Gasteiger partial charge in [-0.1, -0.05) is 18.2 Å². The summed E-state index contributed by atoms with van der Waals surface area (Å²) in [6.07, 6.45) is 1.49. The van der Waals surface area contributed by atoms with Crippen LogP contribution in [0.3, 0.4) is 0 Å². The Labute approximate surface area is 147 Å². The van der Waals surface area contributed by atoms with Crippen LogP contribution < -0.4 is 9.64 Å². The van der Waals surface area contributed by atoms with Gasteiger partial charge in [0.05, 0.1) is 5.56 Å². The quantitative estimate of drug-likeness (QED) is 0.851. The third-order valence-corrected chi connectivity index (χ3v) is 4.44. The van der Waals surface area contributed by atoms with Gasteiger partial charge in [-0.3, -0.25) is 4.79 Å². The van der Waals surface area contributed by atoms with E-state index < -0.39 is 0 Å². The van der Waals surface area contributed by atoms with Gasteiger partial charge in [0, 0.05) is 51.8 Å². The summed E-state index contributed by atoms with van der Waals surface area (Å²) in [6.45, 7) is 1.28. The van der Waals surface area contributed by atoms with Crippen LogP contribution in [0.1, 0.15) is 23.2 Å². The first-order valence-corrected chi connectivity index (χ1v) is 8.52. The molecule has 2 aromatic rings. The summed E-state index contributed by atoms with van der Waals surface area (Å²) < 4.78 is 19.1. The number of carbonyl (C=O) groups is 1. The number of hydrogen-bond donors (Lipinski definition) is 0. The average molecular weight is 342 g/mol. The third kappa shape index (κ3) is 4.10. The van der Waals surface area contributed by atoms with E-state index in [9.17, 15) is 9.18 Å². The monoisotopic (exact) mass is 342 g/mol. The second kappa shape index (κ2) is 7.55. The van der Waals surface area contributed by atoms with Crippen molar-refractivity contribution < 1.29 is 13.9 Å². The molecule has 3 rings (SSSR count). The Balaban J connectivity index is 1.61. The van der Waals surface area contributed by atoms with Crippen LogP contribution in [0.25, 0.3) is 0 Å². The smallest absolute Gasteiger partial charge is 0.255 e. The zero-order chi connectivity index (χ0) is 17.8. The first-order valence-electron chi connectivity index (χ1n) is 8.52. The molecule has 5 heteroatoms. The zero-order valence-electron chi connectivity index (χ0n) is 14.6. The fourth-order valence-corrected chi connectivity index (χ4v) is 3.12. The molecule has 0 saturated carbocycles. The predicted molar refractivity (Wildman–Crippen MR) is 96.7 cm³/mol. The van der Waals surface area contributed by atoms with Crippen LogP contribution in [0.5, 0.6) is 5.75 Å². The Morgan fingerprint density at radius 1 is 1.12 bits per heavy atom. The summed E-state index contributed by atoms with van der Waals surface area (Å²) in [5.74, 6) is 0.293. The van der Waals surface area contributed by atoms with Gasteiger partial charge in [-0.05, 0) is 24.3 Å². The number of nitrogens with zero attached hydrogens (tertiary/aromatic N) is 2. The lowest BCUT2D eigenvalue weighted by molar-refractivity contribution is 0.0596. The van der Waals surface area contributed by atoms with Crippen molar-refractivity contribution in [2.75, 3.05) is 32.1 Å². The van der Waals surface area contributed by atoms with Gasteiger partial charge in [0.25, 0.3) is 5.91 Å². The number of likely N-dealkylation sites (tertiary alicyclic amines) is 1. The molecule has 132 valence electrons. The maximum Gasteiger partial charge on any atom is 0.255 e. The van der Waals surface area contributed by atoms with Crippen molar-refractivity contribution in [1.82, 2.24) is 4.90 Å². The van der Waals surface area contributed by atoms with E-state index in [4.69, 9.17) is 4.74 Å². The van der Waals surface area contributed by atoms with Crippen molar-refractivity contribution in [2.24, 2.45) is 0 Å². The Kier molecular flexibility index (Phi) is 5.22. The fourth-order valence-electron chi connectivity index (χ4n) is 3.12. The lowest BCUT2D eigenvalue weighted by atomic mass is 10.0. The molecule has 0 spiro atoms. The maximum absolute atomic E-state index is 13.2. The number of ether oxygens (including phenoxy) is 1. The van der Waals surface area contributed by atoms with E-state index in [1.807, 2.05) is 48.2 Å². The minimum absolute atomic E-state index is 0.00921. The van der Waals surface area contributed by atoms with Crippen molar-refractivity contribution >= 4 is 11.6 Å². The van der Waals surface area contributed by atoms with E-state index in [0.29, 0.717) is 18.8 Å². The van der Waals surface area contributed by atoms with Crippen LogP contribution in [0.15, 0.2) is 48.5 Å². The molecule has 4 nitrogen and oxygen atoms in total. The summed E-state index contributed by atoms with van der Waals surface area (Å²) in [7, 11) is 3.87. The highest BCUT2D eigenvalue weighted by atomic mass is 19.1. The van der Waals surface area contributed by atoms with Gasteiger partial charge >= 0.3 is 0 Å². The second-order valence-electron chi connectivity index (χ2n) is 6.48. The van der Waals surface area contributed by atoms with Crippen LogP contribution in [0.4, 0.5) is 10.1 Å². The molecule has 1 amide bonds. The minimum Gasteiger partial charge on any atom is -0.490 e. The highest BCUT2D eigenvalue weighted by Gasteiger charge is 2.26. The number of amides is 1. The van der Waals surface area contributed by atoms with E-state index in [1.165, 1.54) is 12.1 Å². The molecular weight excluding hydrogens is 319 g/mol. The molecule has 1 aliphatic heterocycles. The van der Waals surface area contributed by atoms with E-state index in [-0.39, 0.29) is 17.8 Å². The van der Waals surface area contributed by atoms with Crippen LogP contribution >= 0.6 is 0 Å². The normalized spacial score (nSPS) is 15.1. The van der Waals surface area contributed by atoms with E-state index >= 15 is 0 Å². The lowest BCUT2D eigenvalue weighted by Gasteiger charge is -2.33. The van der Waals surface area contributed by atoms with Gasteiger partial charge in [0.15, 0.2) is 0 Å². The molecule has 1 aliphatic rings. The van der Waals surface area contributed by atoms with Crippen molar-refractivity contribution in [3.8, 4) is 5.75 Å². The molecule has 0 atom stereocenters. The van der Waals surface area contributed by atoms with Crippen LogP contribution in [-0.2, 0) is 0 Å². The molecule has 0 bridgehead atoms. The zero-order valence-corrected chi connectivity index (χ0v) is 14.6. The molecule has 0 radical (unpaired) electrons. The van der Waals surface area contributed by atoms with Gasteiger partial charge in [-0.2, -0.15) is 0 Å². The number of benzene rings is 2. The molecule has 0 unspecified atom stereocenters. The van der Waals surface area contributed by atoms with Crippen molar-refractivity contribution in [3.63, 3.8) is 0 Å². The van der Waals surface area contributed by atoms with Crippen molar-refractivity contribution in [3.05, 3.63) is 59.9 Å². The Hall–Kier alpha value is -2.56. The number of halogens is 1. The summed E-state index contributed by atoms with van der Waals surface area (Å²) >= 11 is 0. The topological polar surface area (TPSA) is 32.8 Å². The first-order chi connectivity index (χ1) is 12.0. The summed E-state index contributed by atoms with van der Waals surface area (Å²) in [4.78, 5) is 16.7. The van der Waals surface area contributed by atoms with Gasteiger partial charge < -0.3 is 14.5 Å². The Morgan fingerprint density at radius 3 is 2.52 bits per heavy atom. The minimum atomic E-state index is -0.301. The molecule has 0 aromatic heterocycles. The molecule has 25 heavy (non-hydrogen) atoms. The fraction of sp³-hybridized carbons (Fsp3) is 0.350. The predicted octanol–water partition coefficient (Wildman–Crippen LogP) is 3.58. The van der Waals surface area contributed by atoms with Gasteiger partial charge in [0.2, 0.25) is 0 Å². The first kappa shape index (κ1) is 17.3. The Morgan fingerprint density at radius 2 is 1.84 bits per heavy atom. The van der Waals surface area contributed by atoms with Crippen molar-refractivity contribution in [2.45, 2.75) is 18.9 Å². The van der Waals surface area contributed by atoms with Gasteiger partial charge in [-0.25, -0.2) is 4.39 Å². The molecular formula is C20H23FN2O2. The number of anilines is 1. The average Bonchev–Trinajstić information content (AvgIpc) is 2.62. The number of rotatable bonds is 4. The summed E-state index contributed by atoms with van der Waals surface area (Å²) in [6, 6.07) is 13.8. The standard InChI is InChI=1S/C20H23FN2O2/c1-22(2)19-9-4-3-8-18(19)20(24)23-12-10-16(11-13-23)25-17-7-5-6-15(21)14-17/h3-9,14,16H,10-13H2,1-2H3. The number of piperidine rings is 1. The van der Waals surface area contributed by atoms with Crippen LogP contribution in [-0.4, -0.2) is 44.1 Å². The van der Waals surface area contributed by atoms with Crippen LogP contribution in [0.2, 0.25) is 0 Å². The molecule has 0 N–H and O–H groups in total. The molecule has 1 heterocycles. The summed E-state index contributed by atoms with van der Waals surface area (Å²) in [5, 5.41) is 0. The largest absolute Gasteiger partial charge is 0.490 e. The van der Waals surface area contributed by atoms with E-state index in [0.717, 1.165) is 24.1 Å². The SMILES string of the molecule is CN(C)c1ccccc1C(=O)N1CCC(Oc2cccc(F)c2)CC1. The molecule has 1 fully saturated rings. The maximum atomic E-state index is 13.2. The highest BCUT2D eigenvalue weighted by molar-refractivity contribution is 5.99. The van der Waals surface area contributed by atoms with Gasteiger partial charge in [0.1, 0.15) is 17.7 Å². The molecule has 1 saturated heterocycles. The van der Waals surface area contributed by atoms with Gasteiger partial charge in [-0.15, -0.1) is 0 Å². The molecule has 0 aliphatic carbocycles.